The predicted octanol–water partition coefficient (Wildman–Crippen LogP) is 6.23. The first-order chi connectivity index (χ1) is 13.2. The minimum absolute atomic E-state index is 0.0590. The van der Waals surface area contributed by atoms with Crippen LogP contribution in [0.25, 0.3) is 11.0 Å². The second kappa shape index (κ2) is 7.86. The molecule has 2 heterocycles. The normalized spacial score (nSPS) is 21.5. The summed E-state index contributed by atoms with van der Waals surface area (Å²) in [7, 11) is 0. The average molecular weight is 383 g/mol. The molecule has 1 aliphatic heterocycles. The highest BCUT2D eigenvalue weighted by molar-refractivity contribution is 5.79. The lowest BCUT2D eigenvalue weighted by molar-refractivity contribution is 0.0637. The Labute approximate surface area is 166 Å². The molecule has 0 fully saturated rings. The van der Waals surface area contributed by atoms with Gasteiger partial charge in [0, 0.05) is 12.0 Å². The van der Waals surface area contributed by atoms with Crippen LogP contribution >= 0.6 is 0 Å². The molecule has 1 aromatic heterocycles. The Bertz CT molecular complexity index is 992. The first-order valence-corrected chi connectivity index (χ1v) is 9.99. The van der Waals surface area contributed by atoms with Crippen LogP contribution in [0.15, 0.2) is 50.7 Å². The van der Waals surface area contributed by atoms with Crippen LogP contribution in [-0.2, 0) is 0 Å². The van der Waals surface area contributed by atoms with Crippen molar-refractivity contribution in [2.75, 3.05) is 0 Å². The number of aromatic hydroxyl groups is 1. The van der Waals surface area contributed by atoms with Crippen LogP contribution in [0.5, 0.6) is 11.7 Å². The second-order valence-corrected chi connectivity index (χ2v) is 8.36. The van der Waals surface area contributed by atoms with Gasteiger partial charge in [-0.05, 0) is 65.5 Å². The lowest BCUT2D eigenvalue weighted by atomic mass is 9.83. The van der Waals surface area contributed by atoms with Gasteiger partial charge in [-0.15, -0.1) is 0 Å². The van der Waals surface area contributed by atoms with Crippen molar-refractivity contribution in [2.24, 2.45) is 0 Å². The summed E-state index contributed by atoms with van der Waals surface area (Å²) in [5, 5.41) is 10.1. The fourth-order valence-corrected chi connectivity index (χ4v) is 3.79. The van der Waals surface area contributed by atoms with Crippen molar-refractivity contribution >= 4 is 11.0 Å². The zero-order chi connectivity index (χ0) is 20.5. The maximum atomic E-state index is 12.9. The molecule has 150 valence electrons. The van der Waals surface area contributed by atoms with Crippen LogP contribution in [-0.4, -0.2) is 10.7 Å². The smallest absolute Gasteiger partial charge is 0.293 e. The van der Waals surface area contributed by atoms with E-state index < -0.39 is 5.60 Å². The molecule has 1 aliphatic rings. The third-order valence-corrected chi connectivity index (χ3v) is 5.78. The van der Waals surface area contributed by atoms with Crippen LogP contribution in [0.3, 0.4) is 0 Å². The quantitative estimate of drug-likeness (QED) is 0.602. The Morgan fingerprint density at radius 2 is 1.96 bits per heavy atom. The molecule has 28 heavy (non-hydrogen) atoms. The van der Waals surface area contributed by atoms with Gasteiger partial charge in [0.05, 0.1) is 10.9 Å². The van der Waals surface area contributed by atoms with E-state index in [1.165, 1.54) is 23.3 Å². The maximum absolute atomic E-state index is 12.9. The van der Waals surface area contributed by atoms with Crippen molar-refractivity contribution in [3.05, 3.63) is 57.3 Å². The largest absolute Gasteiger partial charge is 0.508 e. The number of hydrogen-bond acceptors (Lipinski definition) is 4. The van der Waals surface area contributed by atoms with Gasteiger partial charge in [0.15, 0.2) is 5.43 Å². The molecule has 1 N–H and O–H groups in total. The molecule has 0 bridgehead atoms. The number of benzene rings is 1. The number of phenolic OH excluding ortho intramolecular Hbond substituents is 1. The van der Waals surface area contributed by atoms with Crippen molar-refractivity contribution in [3.63, 3.8) is 0 Å². The molecule has 0 unspecified atom stereocenters. The van der Waals surface area contributed by atoms with E-state index in [1.54, 1.807) is 6.07 Å². The topological polar surface area (TPSA) is 59.7 Å². The molecule has 1 aromatic carbocycles. The van der Waals surface area contributed by atoms with E-state index in [0.717, 1.165) is 25.7 Å². The van der Waals surface area contributed by atoms with Gasteiger partial charge < -0.3 is 14.3 Å². The van der Waals surface area contributed by atoms with Gasteiger partial charge in [-0.25, -0.2) is 0 Å². The lowest BCUT2D eigenvalue weighted by Gasteiger charge is -2.27. The summed E-state index contributed by atoms with van der Waals surface area (Å²) in [5.41, 5.74) is 3.13. The van der Waals surface area contributed by atoms with Crippen LogP contribution in [0.4, 0.5) is 0 Å². The van der Waals surface area contributed by atoms with Gasteiger partial charge in [0.2, 0.25) is 0 Å². The van der Waals surface area contributed by atoms with Crippen molar-refractivity contribution in [3.8, 4) is 11.7 Å². The number of fused-ring (bicyclic) bond motifs is 2. The Morgan fingerprint density at radius 3 is 2.68 bits per heavy atom. The summed E-state index contributed by atoms with van der Waals surface area (Å²) < 4.78 is 12.0. The molecule has 0 saturated carbocycles. The molecule has 4 heteroatoms. The van der Waals surface area contributed by atoms with Crippen LogP contribution in [0, 0.1) is 0 Å². The summed E-state index contributed by atoms with van der Waals surface area (Å²) >= 11 is 0. The monoisotopic (exact) mass is 382 g/mol. The molecule has 0 spiro atoms. The second-order valence-electron chi connectivity index (χ2n) is 8.36. The zero-order valence-electron chi connectivity index (χ0n) is 17.5. The first kappa shape index (κ1) is 20.2. The van der Waals surface area contributed by atoms with Crippen molar-refractivity contribution < 1.29 is 14.3 Å². The fourth-order valence-electron chi connectivity index (χ4n) is 3.79. The minimum atomic E-state index is -0.485. The summed E-state index contributed by atoms with van der Waals surface area (Å²) in [5.74, 6) is 0.303. The third kappa shape index (κ3) is 4.01. The van der Waals surface area contributed by atoms with E-state index >= 15 is 0 Å². The van der Waals surface area contributed by atoms with E-state index in [2.05, 4.69) is 32.9 Å². The van der Waals surface area contributed by atoms with Crippen LogP contribution < -0.4 is 10.2 Å². The van der Waals surface area contributed by atoms with Gasteiger partial charge in [-0.3, -0.25) is 4.79 Å². The molecule has 4 nitrogen and oxygen atoms in total. The number of ether oxygens (including phenoxy) is 1. The predicted molar refractivity (Wildman–Crippen MR) is 113 cm³/mol. The molecule has 0 amide bonds. The molecular formula is C24H30O4. The fraction of sp³-hybridized carbons (Fsp3) is 0.458. The highest BCUT2D eigenvalue weighted by atomic mass is 16.6. The van der Waals surface area contributed by atoms with E-state index in [1.807, 2.05) is 13.8 Å². The highest BCUT2D eigenvalue weighted by Gasteiger charge is 2.45. The summed E-state index contributed by atoms with van der Waals surface area (Å²) in [6.07, 6.45) is 8.36. The summed E-state index contributed by atoms with van der Waals surface area (Å²) in [6, 6.07) is 4.57. The van der Waals surface area contributed by atoms with Gasteiger partial charge >= 0.3 is 0 Å². The first-order valence-electron chi connectivity index (χ1n) is 9.99. The molecule has 3 rings (SSSR count). The number of rotatable bonds is 6. The van der Waals surface area contributed by atoms with E-state index in [4.69, 9.17) is 9.15 Å². The lowest BCUT2D eigenvalue weighted by Crippen LogP contribution is -2.33. The van der Waals surface area contributed by atoms with Gasteiger partial charge in [0.25, 0.3) is 5.95 Å². The minimum Gasteiger partial charge on any atom is -0.508 e. The molecule has 2 aromatic rings. The third-order valence-electron chi connectivity index (χ3n) is 5.78. The number of hydrogen-bond donors (Lipinski definition) is 1. The standard InChI is InChI=1S/C24H30O4/c1-15(2)8-6-9-16(3)10-7-13-24(5)17(4)21-22(26)19-12-11-18(25)14-20(19)27-23(21)28-24/h8,10-12,14,17,25H,6-7,9,13H2,1-5H3/b16-10+/t17-,24-/m0/s1. The van der Waals surface area contributed by atoms with Crippen molar-refractivity contribution in [1.29, 1.82) is 0 Å². The van der Waals surface area contributed by atoms with Crippen LogP contribution in [0.1, 0.15) is 71.8 Å². The van der Waals surface area contributed by atoms with Gasteiger partial charge in [0.1, 0.15) is 16.9 Å². The zero-order valence-corrected chi connectivity index (χ0v) is 17.5. The number of allylic oxidation sites excluding steroid dienone is 4. The van der Waals surface area contributed by atoms with Gasteiger partial charge in [-0.2, -0.15) is 0 Å². The van der Waals surface area contributed by atoms with Crippen LogP contribution in [0.2, 0.25) is 0 Å². The van der Waals surface area contributed by atoms with E-state index in [9.17, 15) is 9.90 Å². The highest BCUT2D eigenvalue weighted by Crippen LogP contribution is 2.46. The molecule has 2 atom stereocenters. The summed E-state index contributed by atoms with van der Waals surface area (Å²) in [4.78, 5) is 12.9. The summed E-state index contributed by atoms with van der Waals surface area (Å²) in [6.45, 7) is 10.5. The number of phenols is 1. The Hall–Kier alpha value is -2.49. The van der Waals surface area contributed by atoms with Crippen molar-refractivity contribution in [2.45, 2.75) is 71.8 Å². The van der Waals surface area contributed by atoms with E-state index in [-0.39, 0.29) is 17.1 Å². The Balaban J connectivity index is 1.76. The Morgan fingerprint density at radius 1 is 1.21 bits per heavy atom. The average Bonchev–Trinajstić information content (AvgIpc) is 2.85. The Kier molecular flexibility index (Phi) is 5.69. The van der Waals surface area contributed by atoms with E-state index in [0.29, 0.717) is 22.5 Å². The van der Waals surface area contributed by atoms with Crippen molar-refractivity contribution in [1.82, 2.24) is 0 Å². The SMILES string of the molecule is CC(C)=CCC/C(C)=C/CC[C@]1(C)Oc2oc3cc(O)ccc3c(=O)c2[C@@H]1C. The molecule has 0 radical (unpaired) electrons. The molecular weight excluding hydrogens is 352 g/mol. The maximum Gasteiger partial charge on any atom is 0.293 e. The van der Waals surface area contributed by atoms with Gasteiger partial charge in [-0.1, -0.05) is 30.2 Å². The molecule has 0 aliphatic carbocycles. The molecule has 0 saturated heterocycles.